The molecule has 0 atom stereocenters. The van der Waals surface area contributed by atoms with E-state index in [1.54, 1.807) is 0 Å². The second-order valence-corrected chi connectivity index (χ2v) is 2.83. The van der Waals surface area contributed by atoms with Crippen molar-refractivity contribution in [3.8, 4) is 0 Å². The highest BCUT2D eigenvalue weighted by Crippen LogP contribution is 1.98. The lowest BCUT2D eigenvalue weighted by Gasteiger charge is -2.10. The smallest absolute Gasteiger partial charge is 0.0856 e. The summed E-state index contributed by atoms with van der Waals surface area (Å²) >= 11 is 0. The molecule has 0 amide bonds. The number of rotatable bonds is 4. The van der Waals surface area contributed by atoms with Crippen molar-refractivity contribution in [3.63, 3.8) is 0 Å². The Morgan fingerprint density at radius 1 is 1.46 bits per heavy atom. The zero-order chi connectivity index (χ0) is 10.3. The Morgan fingerprint density at radius 2 is 2.08 bits per heavy atom. The average molecular weight is 179 g/mol. The highest BCUT2D eigenvalue weighted by molar-refractivity contribution is 5.53. The van der Waals surface area contributed by atoms with Gasteiger partial charge in [-0.1, -0.05) is 12.7 Å². The maximum atomic E-state index is 5.13. The SMILES string of the molecule is C=C(\C=C/C=C(C)/N=C\N)N(C)C. The molecular weight excluding hydrogens is 162 g/mol. The predicted molar refractivity (Wildman–Crippen MR) is 58.4 cm³/mol. The van der Waals surface area contributed by atoms with E-state index in [0.29, 0.717) is 0 Å². The summed E-state index contributed by atoms with van der Waals surface area (Å²) in [6.45, 7) is 5.72. The summed E-state index contributed by atoms with van der Waals surface area (Å²) in [4.78, 5) is 5.82. The molecule has 0 rings (SSSR count). The van der Waals surface area contributed by atoms with Crippen molar-refractivity contribution in [1.82, 2.24) is 4.90 Å². The van der Waals surface area contributed by atoms with Gasteiger partial charge in [-0.05, 0) is 19.1 Å². The molecule has 0 radical (unpaired) electrons. The van der Waals surface area contributed by atoms with Crippen molar-refractivity contribution in [3.05, 3.63) is 36.2 Å². The molecule has 0 spiro atoms. The van der Waals surface area contributed by atoms with E-state index in [2.05, 4.69) is 11.6 Å². The molecular formula is C10H17N3. The van der Waals surface area contributed by atoms with Gasteiger partial charge < -0.3 is 10.6 Å². The molecule has 0 saturated carbocycles. The molecule has 13 heavy (non-hydrogen) atoms. The number of nitrogens with zero attached hydrogens (tertiary/aromatic N) is 2. The van der Waals surface area contributed by atoms with Crippen LogP contribution in [0.1, 0.15) is 6.92 Å². The van der Waals surface area contributed by atoms with Crippen LogP contribution in [0.5, 0.6) is 0 Å². The van der Waals surface area contributed by atoms with Crippen LogP contribution in [0.2, 0.25) is 0 Å². The first-order valence-electron chi connectivity index (χ1n) is 4.03. The number of hydrogen-bond acceptors (Lipinski definition) is 2. The number of likely N-dealkylation sites (N-methyl/N-ethyl adjacent to an activating group) is 1. The minimum Gasteiger partial charge on any atom is -0.390 e. The molecule has 0 aliphatic rings. The highest BCUT2D eigenvalue weighted by Gasteiger charge is 1.86. The molecule has 3 nitrogen and oxygen atoms in total. The zero-order valence-corrected chi connectivity index (χ0v) is 8.49. The molecule has 0 heterocycles. The first-order chi connectivity index (χ1) is 6.07. The Kier molecular flexibility index (Phi) is 5.35. The normalized spacial score (nSPS) is 12.7. The molecule has 0 aromatic heterocycles. The summed E-state index contributed by atoms with van der Waals surface area (Å²) in [5, 5.41) is 0. The fourth-order valence-corrected chi connectivity index (χ4v) is 0.608. The van der Waals surface area contributed by atoms with E-state index in [4.69, 9.17) is 5.73 Å². The van der Waals surface area contributed by atoms with Gasteiger partial charge in [0.1, 0.15) is 0 Å². The molecule has 0 fully saturated rings. The molecule has 3 heteroatoms. The summed E-state index contributed by atoms with van der Waals surface area (Å²) in [6.07, 6.45) is 6.96. The minimum atomic E-state index is 0.866. The van der Waals surface area contributed by atoms with Gasteiger partial charge >= 0.3 is 0 Å². The van der Waals surface area contributed by atoms with Gasteiger partial charge in [-0.25, -0.2) is 4.99 Å². The number of nitrogens with two attached hydrogens (primary N) is 1. The van der Waals surface area contributed by atoms with Crippen LogP contribution >= 0.6 is 0 Å². The van der Waals surface area contributed by atoms with Crippen LogP contribution in [-0.4, -0.2) is 25.3 Å². The highest BCUT2D eigenvalue weighted by atomic mass is 15.1. The summed E-state index contributed by atoms with van der Waals surface area (Å²) in [5.41, 5.74) is 6.94. The van der Waals surface area contributed by atoms with Gasteiger partial charge in [0.2, 0.25) is 0 Å². The standard InChI is InChI=1S/C10H17N3/c1-9(12-8-11)6-5-7-10(2)13(3)4/h5-8H,2H2,1,3-4H3,(H2,11,12)/b7-5-,9-6+. The van der Waals surface area contributed by atoms with E-state index in [1.165, 1.54) is 6.34 Å². The Labute approximate surface area is 79.9 Å². The first kappa shape index (κ1) is 11.5. The summed E-state index contributed by atoms with van der Waals surface area (Å²) < 4.78 is 0. The van der Waals surface area contributed by atoms with Crippen molar-refractivity contribution < 1.29 is 0 Å². The molecule has 0 bridgehead atoms. The number of allylic oxidation sites excluding steroid dienone is 4. The summed E-state index contributed by atoms with van der Waals surface area (Å²) in [7, 11) is 3.89. The molecule has 72 valence electrons. The molecule has 2 N–H and O–H groups in total. The van der Waals surface area contributed by atoms with E-state index in [9.17, 15) is 0 Å². The summed E-state index contributed by atoms with van der Waals surface area (Å²) in [6, 6.07) is 0. The third-order valence-corrected chi connectivity index (χ3v) is 1.48. The molecule has 0 aliphatic heterocycles. The van der Waals surface area contributed by atoms with E-state index in [-0.39, 0.29) is 0 Å². The van der Waals surface area contributed by atoms with Gasteiger partial charge in [0.15, 0.2) is 0 Å². The quantitative estimate of drug-likeness (QED) is 0.404. The molecule has 0 aromatic rings. The summed E-state index contributed by atoms with van der Waals surface area (Å²) in [5.74, 6) is 0. The fraction of sp³-hybridized carbons (Fsp3) is 0.300. The van der Waals surface area contributed by atoms with Gasteiger partial charge in [0, 0.05) is 25.5 Å². The van der Waals surface area contributed by atoms with Crippen molar-refractivity contribution >= 4 is 6.34 Å². The predicted octanol–water partition coefficient (Wildman–Crippen LogP) is 1.51. The maximum absolute atomic E-state index is 5.13. The van der Waals surface area contributed by atoms with E-state index in [0.717, 1.165) is 11.4 Å². The maximum Gasteiger partial charge on any atom is 0.0856 e. The van der Waals surface area contributed by atoms with Gasteiger partial charge in [-0.3, -0.25) is 0 Å². The van der Waals surface area contributed by atoms with E-state index in [1.807, 2.05) is 44.1 Å². The van der Waals surface area contributed by atoms with Gasteiger partial charge in [-0.2, -0.15) is 0 Å². The number of hydrogen-bond donors (Lipinski definition) is 1. The monoisotopic (exact) mass is 179 g/mol. The third kappa shape index (κ3) is 5.73. The Bertz CT molecular complexity index is 247. The molecule has 0 aliphatic carbocycles. The van der Waals surface area contributed by atoms with Gasteiger partial charge in [-0.15, -0.1) is 0 Å². The topological polar surface area (TPSA) is 41.6 Å². The molecule has 0 saturated heterocycles. The van der Waals surface area contributed by atoms with Crippen molar-refractivity contribution in [2.24, 2.45) is 10.7 Å². The van der Waals surface area contributed by atoms with Crippen molar-refractivity contribution in [1.29, 1.82) is 0 Å². The minimum absolute atomic E-state index is 0.866. The van der Waals surface area contributed by atoms with Gasteiger partial charge in [0.05, 0.1) is 6.34 Å². The lowest BCUT2D eigenvalue weighted by atomic mass is 10.3. The van der Waals surface area contributed by atoms with Crippen molar-refractivity contribution in [2.45, 2.75) is 6.92 Å². The van der Waals surface area contributed by atoms with E-state index >= 15 is 0 Å². The lowest BCUT2D eigenvalue weighted by molar-refractivity contribution is 0.532. The Hall–Kier alpha value is -1.51. The van der Waals surface area contributed by atoms with Crippen LogP contribution in [0.15, 0.2) is 41.2 Å². The van der Waals surface area contributed by atoms with E-state index < -0.39 is 0 Å². The number of aliphatic imine (C=N–C) groups is 1. The van der Waals surface area contributed by atoms with Crippen LogP contribution in [-0.2, 0) is 0 Å². The zero-order valence-electron chi connectivity index (χ0n) is 8.49. The second-order valence-electron chi connectivity index (χ2n) is 2.83. The second kappa shape index (κ2) is 6.06. The molecule has 0 aromatic carbocycles. The largest absolute Gasteiger partial charge is 0.390 e. The van der Waals surface area contributed by atoms with Crippen LogP contribution in [0.25, 0.3) is 0 Å². The van der Waals surface area contributed by atoms with Gasteiger partial charge in [0.25, 0.3) is 0 Å². The van der Waals surface area contributed by atoms with Crippen LogP contribution in [0.3, 0.4) is 0 Å². The van der Waals surface area contributed by atoms with Crippen LogP contribution in [0.4, 0.5) is 0 Å². The van der Waals surface area contributed by atoms with Crippen LogP contribution in [0, 0.1) is 0 Å². The average Bonchev–Trinajstić information content (AvgIpc) is 2.04. The van der Waals surface area contributed by atoms with Crippen molar-refractivity contribution in [2.75, 3.05) is 14.1 Å². The Morgan fingerprint density at radius 3 is 2.54 bits per heavy atom. The third-order valence-electron chi connectivity index (χ3n) is 1.48. The molecule has 0 unspecified atom stereocenters. The first-order valence-corrected chi connectivity index (χ1v) is 4.03. The fourth-order valence-electron chi connectivity index (χ4n) is 0.608. The Balaban J connectivity index is 4.14. The van der Waals surface area contributed by atoms with Crippen LogP contribution < -0.4 is 5.73 Å². The lowest BCUT2D eigenvalue weighted by Crippen LogP contribution is -2.07.